The van der Waals surface area contributed by atoms with Gasteiger partial charge in [-0.05, 0) is 36.7 Å². The van der Waals surface area contributed by atoms with Gasteiger partial charge in [-0.1, -0.05) is 20.8 Å². The van der Waals surface area contributed by atoms with Gasteiger partial charge >= 0.3 is 0 Å². The number of fused-ring (bicyclic) bond motifs is 2. The second kappa shape index (κ2) is 4.43. The van der Waals surface area contributed by atoms with E-state index in [1.54, 1.807) is 6.07 Å². The lowest BCUT2D eigenvalue weighted by Gasteiger charge is -2.38. The molecule has 2 aliphatic rings. The molecule has 2 fully saturated rings. The van der Waals surface area contributed by atoms with E-state index in [1.165, 1.54) is 25.1 Å². The van der Waals surface area contributed by atoms with E-state index in [0.717, 1.165) is 6.42 Å². The Morgan fingerprint density at radius 3 is 2.48 bits per heavy atom. The van der Waals surface area contributed by atoms with E-state index in [-0.39, 0.29) is 21.8 Å². The number of aromatic nitrogens is 1. The highest BCUT2D eigenvalue weighted by Gasteiger charge is 2.62. The summed E-state index contributed by atoms with van der Waals surface area (Å²) in [5.41, 5.74) is 0.427. The lowest BCUT2D eigenvalue weighted by molar-refractivity contribution is 0.0272. The first-order valence-electron chi connectivity index (χ1n) is 7.30. The maximum absolute atomic E-state index is 11.2. The van der Waals surface area contributed by atoms with Crippen molar-refractivity contribution < 1.29 is 13.2 Å². The predicted octanol–water partition coefficient (Wildman–Crippen LogP) is 2.32. The van der Waals surface area contributed by atoms with Crippen LogP contribution in [0.2, 0.25) is 0 Å². The van der Waals surface area contributed by atoms with Gasteiger partial charge in [-0.15, -0.1) is 0 Å². The number of primary sulfonamides is 1. The lowest BCUT2D eigenvalue weighted by Crippen LogP contribution is -2.39. The smallest absolute Gasteiger partial charge is 0.239 e. The van der Waals surface area contributed by atoms with Crippen LogP contribution in [-0.2, 0) is 10.0 Å². The van der Waals surface area contributed by atoms with Gasteiger partial charge in [0.25, 0.3) is 0 Å². The van der Waals surface area contributed by atoms with Gasteiger partial charge in [0.2, 0.25) is 15.9 Å². The number of nitrogens with two attached hydrogens (primary N) is 1. The number of ether oxygens (including phenoxy) is 1. The largest absolute Gasteiger partial charge is 0.474 e. The summed E-state index contributed by atoms with van der Waals surface area (Å²) in [5.74, 6) is 1.16. The number of nitrogens with zero attached hydrogens (tertiary/aromatic N) is 1. The summed E-state index contributed by atoms with van der Waals surface area (Å²) < 4.78 is 28.5. The Hall–Kier alpha value is -1.14. The molecule has 1 aromatic rings. The molecule has 0 aromatic carbocycles. The summed E-state index contributed by atoms with van der Waals surface area (Å²) in [5, 5.41) is 5.07. The van der Waals surface area contributed by atoms with E-state index >= 15 is 0 Å². The van der Waals surface area contributed by atoms with Crippen molar-refractivity contribution in [3.05, 3.63) is 18.3 Å². The van der Waals surface area contributed by atoms with Gasteiger partial charge in [0.05, 0.1) is 6.20 Å². The van der Waals surface area contributed by atoms with Crippen LogP contribution in [0, 0.1) is 16.7 Å². The van der Waals surface area contributed by atoms with Crippen LogP contribution in [0.4, 0.5) is 0 Å². The van der Waals surface area contributed by atoms with Gasteiger partial charge in [-0.25, -0.2) is 18.5 Å². The Morgan fingerprint density at radius 1 is 1.33 bits per heavy atom. The Morgan fingerprint density at radius 2 is 2.05 bits per heavy atom. The topological polar surface area (TPSA) is 82.3 Å². The van der Waals surface area contributed by atoms with E-state index in [0.29, 0.717) is 11.8 Å². The van der Waals surface area contributed by atoms with E-state index in [4.69, 9.17) is 9.88 Å². The molecule has 0 radical (unpaired) electrons. The zero-order valence-corrected chi connectivity index (χ0v) is 13.5. The van der Waals surface area contributed by atoms with Crippen molar-refractivity contribution in [3.8, 4) is 5.88 Å². The average Bonchev–Trinajstić information content (AvgIpc) is 2.71. The molecule has 21 heavy (non-hydrogen) atoms. The highest BCUT2D eigenvalue weighted by atomic mass is 32.2. The van der Waals surface area contributed by atoms with Crippen LogP contribution < -0.4 is 9.88 Å². The molecule has 5 nitrogen and oxygen atoms in total. The Balaban J connectivity index is 1.80. The molecule has 1 heterocycles. The highest BCUT2D eigenvalue weighted by Crippen LogP contribution is 2.66. The number of sulfonamides is 1. The van der Waals surface area contributed by atoms with Gasteiger partial charge in [0.15, 0.2) is 0 Å². The summed E-state index contributed by atoms with van der Waals surface area (Å²) in [7, 11) is -3.70. The number of rotatable bonds is 3. The molecule has 6 heteroatoms. The Kier molecular flexibility index (Phi) is 3.12. The third-order valence-electron chi connectivity index (χ3n) is 6.01. The molecule has 0 aliphatic heterocycles. The molecule has 2 bridgehead atoms. The van der Waals surface area contributed by atoms with Crippen molar-refractivity contribution in [1.82, 2.24) is 4.98 Å². The quantitative estimate of drug-likeness (QED) is 0.929. The third kappa shape index (κ3) is 2.16. The molecule has 1 aromatic heterocycles. The van der Waals surface area contributed by atoms with Crippen LogP contribution in [0.5, 0.6) is 5.88 Å². The summed E-state index contributed by atoms with van der Waals surface area (Å²) in [6.45, 7) is 6.94. The summed E-state index contributed by atoms with van der Waals surface area (Å²) in [6.07, 6.45) is 4.87. The van der Waals surface area contributed by atoms with Crippen LogP contribution >= 0.6 is 0 Å². The summed E-state index contributed by atoms with van der Waals surface area (Å²) in [4.78, 5) is 4.10. The standard InChI is InChI=1S/C15H22N2O3S/c1-14(2)10-6-7-15(14,3)12(8-10)20-13-5-4-11(9-17-13)21(16,18)19/h4-5,9-10,12H,6-8H2,1-3H3,(H2,16,18,19). The fourth-order valence-corrected chi connectivity index (χ4v) is 4.52. The fourth-order valence-electron chi connectivity index (χ4n) is 4.06. The molecule has 0 saturated heterocycles. The first-order valence-corrected chi connectivity index (χ1v) is 8.85. The molecule has 2 N–H and O–H groups in total. The zero-order valence-electron chi connectivity index (χ0n) is 12.7. The lowest BCUT2D eigenvalue weighted by atomic mass is 9.70. The minimum Gasteiger partial charge on any atom is -0.474 e. The monoisotopic (exact) mass is 310 g/mol. The van der Waals surface area contributed by atoms with Crippen LogP contribution in [0.25, 0.3) is 0 Å². The van der Waals surface area contributed by atoms with Gasteiger partial charge in [-0.2, -0.15) is 0 Å². The van der Waals surface area contributed by atoms with Crippen molar-refractivity contribution in [2.75, 3.05) is 0 Å². The number of hydrogen-bond acceptors (Lipinski definition) is 4. The van der Waals surface area contributed by atoms with E-state index in [2.05, 4.69) is 25.8 Å². The van der Waals surface area contributed by atoms with Crippen molar-refractivity contribution in [1.29, 1.82) is 0 Å². The van der Waals surface area contributed by atoms with E-state index in [1.807, 2.05) is 0 Å². The van der Waals surface area contributed by atoms with E-state index in [9.17, 15) is 8.42 Å². The summed E-state index contributed by atoms with van der Waals surface area (Å²) >= 11 is 0. The zero-order chi connectivity index (χ0) is 15.5. The van der Waals surface area contributed by atoms with Gasteiger partial charge in [-0.3, -0.25) is 0 Å². The first kappa shape index (κ1) is 14.8. The minimum absolute atomic E-state index is 0.00864. The van der Waals surface area contributed by atoms with Crippen molar-refractivity contribution >= 4 is 10.0 Å². The SMILES string of the molecule is CC1(C)C2CCC1(C)C(Oc1ccc(S(N)(=O)=O)cn1)C2. The summed E-state index contributed by atoms with van der Waals surface area (Å²) in [6, 6.07) is 3.03. The predicted molar refractivity (Wildman–Crippen MR) is 79.3 cm³/mol. The van der Waals surface area contributed by atoms with Crippen molar-refractivity contribution in [2.45, 2.75) is 51.0 Å². The molecule has 0 spiro atoms. The fraction of sp³-hybridized carbons (Fsp3) is 0.667. The van der Waals surface area contributed by atoms with E-state index < -0.39 is 10.0 Å². The maximum atomic E-state index is 11.2. The molecule has 3 atom stereocenters. The Bertz CT molecular complexity index is 654. The van der Waals surface area contributed by atoms with Crippen molar-refractivity contribution in [2.24, 2.45) is 21.9 Å². The molecular formula is C15H22N2O3S. The van der Waals surface area contributed by atoms with Crippen molar-refractivity contribution in [3.63, 3.8) is 0 Å². The van der Waals surface area contributed by atoms with Crippen LogP contribution in [0.15, 0.2) is 23.2 Å². The van der Waals surface area contributed by atoms with Crippen LogP contribution in [0.1, 0.15) is 40.0 Å². The molecule has 0 amide bonds. The van der Waals surface area contributed by atoms with Crippen LogP contribution in [-0.4, -0.2) is 19.5 Å². The molecule has 2 saturated carbocycles. The molecule has 116 valence electrons. The molecular weight excluding hydrogens is 288 g/mol. The molecule has 3 unspecified atom stereocenters. The number of hydrogen-bond donors (Lipinski definition) is 1. The highest BCUT2D eigenvalue weighted by molar-refractivity contribution is 7.89. The normalized spacial score (nSPS) is 34.1. The second-order valence-corrected chi connectivity index (χ2v) is 8.66. The first-order chi connectivity index (χ1) is 9.64. The molecule has 3 rings (SSSR count). The van der Waals surface area contributed by atoms with Gasteiger partial charge < -0.3 is 4.74 Å². The average molecular weight is 310 g/mol. The molecule has 2 aliphatic carbocycles. The Labute approximate surface area is 126 Å². The van der Waals surface area contributed by atoms with Gasteiger partial charge in [0.1, 0.15) is 11.0 Å². The minimum atomic E-state index is -3.70. The number of pyridine rings is 1. The van der Waals surface area contributed by atoms with Gasteiger partial charge in [0, 0.05) is 11.5 Å². The van der Waals surface area contributed by atoms with Crippen LogP contribution in [0.3, 0.4) is 0 Å². The maximum Gasteiger partial charge on any atom is 0.239 e. The third-order valence-corrected chi connectivity index (χ3v) is 6.91. The second-order valence-electron chi connectivity index (χ2n) is 7.09.